The predicted octanol–water partition coefficient (Wildman–Crippen LogP) is 2.00. The molecule has 32 heavy (non-hydrogen) atoms. The van der Waals surface area contributed by atoms with E-state index < -0.39 is 30.0 Å². The van der Waals surface area contributed by atoms with E-state index in [2.05, 4.69) is 27.0 Å². The second kappa shape index (κ2) is 12.6. The first-order chi connectivity index (χ1) is 15.3. The molecule has 2 aromatic rings. The summed E-state index contributed by atoms with van der Waals surface area (Å²) < 4.78 is 5.15. The van der Waals surface area contributed by atoms with Crippen molar-refractivity contribution >= 4 is 23.9 Å². The number of hydrazine groups is 2. The van der Waals surface area contributed by atoms with Crippen molar-refractivity contribution in [3.63, 3.8) is 0 Å². The zero-order valence-electron chi connectivity index (χ0n) is 17.9. The van der Waals surface area contributed by atoms with Crippen LogP contribution in [-0.4, -0.2) is 30.0 Å². The van der Waals surface area contributed by atoms with Crippen LogP contribution < -0.4 is 27.0 Å². The van der Waals surface area contributed by atoms with E-state index in [0.717, 1.165) is 5.56 Å². The molecule has 0 fully saturated rings. The van der Waals surface area contributed by atoms with Crippen molar-refractivity contribution in [1.29, 1.82) is 0 Å². The standard InChI is InChI=1S/C22H27N5O5/c1-15(2)13-18(23-22(31)32-14-16-9-5-3-6-10-16)20(29)25-27-21(30)26-24-19(28)17-11-7-4-8-12-17/h3-12,15,18H,13-14H2,1-2H3,(H,23,31)(H,24,28)(H,25,29)(H2,26,27,30)/t18-/m0/s1. The van der Waals surface area contributed by atoms with Gasteiger partial charge in [-0.05, 0) is 30.0 Å². The summed E-state index contributed by atoms with van der Waals surface area (Å²) in [6.45, 7) is 3.83. The summed E-state index contributed by atoms with van der Waals surface area (Å²) in [5.74, 6) is -1.08. The van der Waals surface area contributed by atoms with Gasteiger partial charge in [0.2, 0.25) is 0 Å². The Morgan fingerprint density at radius 1 is 0.812 bits per heavy atom. The largest absolute Gasteiger partial charge is 0.445 e. The molecule has 2 rings (SSSR count). The van der Waals surface area contributed by atoms with Crippen molar-refractivity contribution in [1.82, 2.24) is 27.0 Å². The van der Waals surface area contributed by atoms with Crippen molar-refractivity contribution in [2.24, 2.45) is 5.92 Å². The number of rotatable bonds is 7. The second-order valence-electron chi connectivity index (χ2n) is 7.28. The molecule has 0 saturated heterocycles. The van der Waals surface area contributed by atoms with Gasteiger partial charge in [0, 0.05) is 5.56 Å². The van der Waals surface area contributed by atoms with Crippen LogP contribution in [0.3, 0.4) is 0 Å². The Labute approximate surface area is 186 Å². The molecule has 0 spiro atoms. The molecule has 0 aliphatic rings. The molecule has 10 nitrogen and oxygen atoms in total. The maximum Gasteiger partial charge on any atom is 0.408 e. The van der Waals surface area contributed by atoms with E-state index in [1.807, 2.05) is 44.2 Å². The number of benzene rings is 2. The van der Waals surface area contributed by atoms with Gasteiger partial charge in [-0.25, -0.2) is 20.4 Å². The summed E-state index contributed by atoms with van der Waals surface area (Å²) in [5, 5.41) is 2.50. The Hall–Kier alpha value is -4.08. The highest BCUT2D eigenvalue weighted by Gasteiger charge is 2.23. The van der Waals surface area contributed by atoms with Crippen LogP contribution in [-0.2, 0) is 16.1 Å². The Bertz CT molecular complexity index is 905. The monoisotopic (exact) mass is 441 g/mol. The summed E-state index contributed by atoms with van der Waals surface area (Å²) >= 11 is 0. The predicted molar refractivity (Wildman–Crippen MR) is 117 cm³/mol. The van der Waals surface area contributed by atoms with Crippen LogP contribution in [0.25, 0.3) is 0 Å². The molecule has 0 unspecified atom stereocenters. The van der Waals surface area contributed by atoms with Crippen LogP contribution in [0.5, 0.6) is 0 Å². The van der Waals surface area contributed by atoms with Gasteiger partial charge in [-0.2, -0.15) is 0 Å². The molecule has 0 saturated carbocycles. The van der Waals surface area contributed by atoms with E-state index in [4.69, 9.17) is 4.74 Å². The average molecular weight is 441 g/mol. The number of ether oxygens (including phenoxy) is 1. The lowest BCUT2D eigenvalue weighted by atomic mass is 10.0. The van der Waals surface area contributed by atoms with Gasteiger partial charge in [0.15, 0.2) is 0 Å². The molecule has 0 bridgehead atoms. The number of urea groups is 1. The number of alkyl carbamates (subject to hydrolysis) is 1. The summed E-state index contributed by atoms with van der Waals surface area (Å²) in [5.41, 5.74) is 9.81. The quantitative estimate of drug-likeness (QED) is 0.419. The average Bonchev–Trinajstić information content (AvgIpc) is 2.80. The Kier molecular flexibility index (Phi) is 9.51. The summed E-state index contributed by atoms with van der Waals surface area (Å²) in [4.78, 5) is 48.3. The number of hydrogen-bond donors (Lipinski definition) is 5. The molecule has 0 heterocycles. The molecule has 2 aromatic carbocycles. The Morgan fingerprint density at radius 2 is 1.41 bits per heavy atom. The molecule has 170 valence electrons. The maximum absolute atomic E-state index is 12.4. The van der Waals surface area contributed by atoms with Gasteiger partial charge in [-0.15, -0.1) is 0 Å². The van der Waals surface area contributed by atoms with Crippen LogP contribution in [0.15, 0.2) is 60.7 Å². The lowest BCUT2D eigenvalue weighted by molar-refractivity contribution is -0.124. The van der Waals surface area contributed by atoms with Gasteiger partial charge >= 0.3 is 12.1 Å². The van der Waals surface area contributed by atoms with E-state index in [-0.39, 0.29) is 12.5 Å². The normalized spacial score (nSPS) is 11.1. The van der Waals surface area contributed by atoms with Crippen LogP contribution >= 0.6 is 0 Å². The van der Waals surface area contributed by atoms with Crippen LogP contribution in [0.1, 0.15) is 36.2 Å². The third kappa shape index (κ3) is 8.74. The molecular weight excluding hydrogens is 414 g/mol. The highest BCUT2D eigenvalue weighted by molar-refractivity contribution is 5.95. The van der Waals surface area contributed by atoms with E-state index in [1.165, 1.54) is 0 Å². The molecule has 0 aliphatic heterocycles. The van der Waals surface area contributed by atoms with Gasteiger partial charge < -0.3 is 10.1 Å². The van der Waals surface area contributed by atoms with Gasteiger partial charge in [0.1, 0.15) is 12.6 Å². The fourth-order valence-corrected chi connectivity index (χ4v) is 2.62. The van der Waals surface area contributed by atoms with Crippen LogP contribution in [0.2, 0.25) is 0 Å². The third-order valence-electron chi connectivity index (χ3n) is 4.15. The first-order valence-corrected chi connectivity index (χ1v) is 10.0. The lowest BCUT2D eigenvalue weighted by Crippen LogP contribution is -2.56. The minimum atomic E-state index is -0.933. The van der Waals surface area contributed by atoms with Crippen molar-refractivity contribution in [2.75, 3.05) is 0 Å². The maximum atomic E-state index is 12.4. The molecule has 0 aromatic heterocycles. The van der Waals surface area contributed by atoms with Gasteiger partial charge in [0.25, 0.3) is 11.8 Å². The summed E-state index contributed by atoms with van der Waals surface area (Å²) in [6.07, 6.45) is -0.436. The fraction of sp³-hybridized carbons (Fsp3) is 0.273. The number of nitrogens with one attached hydrogen (secondary N) is 5. The topological polar surface area (TPSA) is 138 Å². The molecule has 1 atom stereocenters. The molecule has 5 N–H and O–H groups in total. The molecule has 0 aliphatic carbocycles. The first-order valence-electron chi connectivity index (χ1n) is 10.0. The fourth-order valence-electron chi connectivity index (χ4n) is 2.62. The smallest absolute Gasteiger partial charge is 0.408 e. The highest BCUT2D eigenvalue weighted by Crippen LogP contribution is 2.06. The van der Waals surface area contributed by atoms with E-state index in [9.17, 15) is 19.2 Å². The number of hydrogen-bond acceptors (Lipinski definition) is 5. The second-order valence-corrected chi connectivity index (χ2v) is 7.28. The molecule has 5 amide bonds. The molecule has 0 radical (unpaired) electrons. The highest BCUT2D eigenvalue weighted by atomic mass is 16.5. The molecular formula is C22H27N5O5. The van der Waals surface area contributed by atoms with E-state index >= 15 is 0 Å². The van der Waals surface area contributed by atoms with Crippen LogP contribution in [0.4, 0.5) is 9.59 Å². The minimum absolute atomic E-state index is 0.0600. The summed E-state index contributed by atoms with van der Waals surface area (Å²) in [6, 6.07) is 15.6. The first kappa shape index (κ1) is 24.2. The zero-order chi connectivity index (χ0) is 23.3. The van der Waals surface area contributed by atoms with Crippen molar-refractivity contribution in [3.05, 3.63) is 71.8 Å². The van der Waals surface area contributed by atoms with Crippen molar-refractivity contribution in [2.45, 2.75) is 32.9 Å². The van der Waals surface area contributed by atoms with E-state index in [0.29, 0.717) is 12.0 Å². The summed E-state index contributed by atoms with van der Waals surface area (Å²) in [7, 11) is 0. The van der Waals surface area contributed by atoms with Crippen LogP contribution in [0, 0.1) is 5.92 Å². The van der Waals surface area contributed by atoms with Crippen molar-refractivity contribution < 1.29 is 23.9 Å². The van der Waals surface area contributed by atoms with Gasteiger partial charge in [-0.3, -0.25) is 20.4 Å². The SMILES string of the molecule is CC(C)C[C@H](NC(=O)OCc1ccccc1)C(=O)NNC(=O)NNC(=O)c1ccccc1. The molecule has 10 heteroatoms. The minimum Gasteiger partial charge on any atom is -0.445 e. The number of carbonyl (C=O) groups is 4. The van der Waals surface area contributed by atoms with Crippen molar-refractivity contribution in [3.8, 4) is 0 Å². The number of amides is 5. The number of carbonyl (C=O) groups excluding carboxylic acids is 4. The van der Waals surface area contributed by atoms with E-state index in [1.54, 1.807) is 30.3 Å². The van der Waals surface area contributed by atoms with Gasteiger partial charge in [-0.1, -0.05) is 62.4 Å². The Balaban J connectivity index is 1.78. The lowest BCUT2D eigenvalue weighted by Gasteiger charge is -2.20. The Morgan fingerprint density at radius 3 is 2.03 bits per heavy atom. The zero-order valence-corrected chi connectivity index (χ0v) is 17.9. The van der Waals surface area contributed by atoms with Gasteiger partial charge in [0.05, 0.1) is 0 Å². The third-order valence-corrected chi connectivity index (χ3v) is 4.15.